The fourth-order valence-electron chi connectivity index (χ4n) is 2.75. The number of hydrogen-bond donors (Lipinski definition) is 0. The number of carbonyl (C=O) groups is 1. The summed E-state index contributed by atoms with van der Waals surface area (Å²) in [5.41, 5.74) is 0. The maximum Gasteiger partial charge on any atom is 0.305 e. The molecular weight excluding hydrogens is 272 g/mol. The highest BCUT2D eigenvalue weighted by Gasteiger charge is 2.01. The molecule has 0 aromatic rings. The third kappa shape index (κ3) is 17.5. The first-order valence-corrected chi connectivity index (χ1v) is 9.96. The van der Waals surface area contributed by atoms with Crippen LogP contribution in [-0.4, -0.2) is 12.6 Å². The van der Waals surface area contributed by atoms with Crippen molar-refractivity contribution in [2.75, 3.05) is 6.61 Å². The fourth-order valence-corrected chi connectivity index (χ4v) is 2.75. The van der Waals surface area contributed by atoms with Crippen LogP contribution in [0.3, 0.4) is 0 Å². The number of carbonyl (C=O) groups excluding carboxylic acids is 1. The van der Waals surface area contributed by atoms with Crippen LogP contribution >= 0.6 is 0 Å². The summed E-state index contributed by atoms with van der Waals surface area (Å²) in [6.45, 7) is 4.88. The van der Waals surface area contributed by atoms with Gasteiger partial charge in [-0.15, -0.1) is 0 Å². The molecule has 0 aliphatic rings. The second-order valence-electron chi connectivity index (χ2n) is 6.57. The summed E-state index contributed by atoms with van der Waals surface area (Å²) < 4.78 is 5.07. The molecular formula is C20H40O2. The van der Waals surface area contributed by atoms with E-state index in [2.05, 4.69) is 6.92 Å². The Morgan fingerprint density at radius 2 is 1.00 bits per heavy atom. The van der Waals surface area contributed by atoms with Crippen molar-refractivity contribution in [3.63, 3.8) is 0 Å². The Bertz CT molecular complexity index is 226. The summed E-state index contributed by atoms with van der Waals surface area (Å²) in [6, 6.07) is 0. The van der Waals surface area contributed by atoms with Crippen molar-refractivity contribution in [2.45, 2.75) is 117 Å². The van der Waals surface area contributed by atoms with Crippen LogP contribution in [0.1, 0.15) is 117 Å². The average Bonchev–Trinajstić information content (AvgIpc) is 2.53. The van der Waals surface area contributed by atoms with Crippen LogP contribution in [0.2, 0.25) is 0 Å². The normalized spacial score (nSPS) is 10.8. The van der Waals surface area contributed by atoms with E-state index in [0.29, 0.717) is 13.0 Å². The van der Waals surface area contributed by atoms with E-state index >= 15 is 0 Å². The van der Waals surface area contributed by atoms with Gasteiger partial charge in [-0.1, -0.05) is 97.3 Å². The molecule has 2 nitrogen and oxygen atoms in total. The zero-order chi connectivity index (χ0) is 16.3. The van der Waals surface area contributed by atoms with Crippen LogP contribution in [-0.2, 0) is 9.53 Å². The highest BCUT2D eigenvalue weighted by molar-refractivity contribution is 5.69. The van der Waals surface area contributed by atoms with E-state index in [1.165, 1.54) is 83.5 Å². The molecule has 0 amide bonds. The van der Waals surface area contributed by atoms with Gasteiger partial charge in [-0.25, -0.2) is 0 Å². The van der Waals surface area contributed by atoms with Gasteiger partial charge in [-0.05, 0) is 12.8 Å². The molecule has 0 unspecified atom stereocenters. The third-order valence-electron chi connectivity index (χ3n) is 4.20. The third-order valence-corrected chi connectivity index (χ3v) is 4.20. The van der Waals surface area contributed by atoms with Gasteiger partial charge in [-0.3, -0.25) is 4.79 Å². The lowest BCUT2D eigenvalue weighted by atomic mass is 10.0. The summed E-state index contributed by atoms with van der Waals surface area (Å²) in [5.74, 6) is -0.0132. The van der Waals surface area contributed by atoms with Crippen LogP contribution in [0, 0.1) is 0 Å². The predicted molar refractivity (Wildman–Crippen MR) is 96.2 cm³/mol. The van der Waals surface area contributed by atoms with Gasteiger partial charge >= 0.3 is 5.97 Å². The molecule has 0 fully saturated rings. The van der Waals surface area contributed by atoms with Gasteiger partial charge in [0.2, 0.25) is 0 Å². The monoisotopic (exact) mass is 312 g/mol. The molecule has 0 aliphatic carbocycles. The summed E-state index contributed by atoms with van der Waals surface area (Å²) in [5, 5.41) is 0. The smallest absolute Gasteiger partial charge is 0.305 e. The molecule has 0 heterocycles. The van der Waals surface area contributed by atoms with E-state index in [4.69, 9.17) is 4.74 Å². The second kappa shape index (κ2) is 18.5. The summed E-state index contributed by atoms with van der Waals surface area (Å²) in [7, 11) is 0. The van der Waals surface area contributed by atoms with Crippen molar-refractivity contribution in [3.8, 4) is 0 Å². The van der Waals surface area contributed by atoms with E-state index in [1.807, 2.05) is 6.92 Å². The lowest BCUT2D eigenvalue weighted by Crippen LogP contribution is -2.04. The number of esters is 1. The first-order chi connectivity index (χ1) is 10.8. The predicted octanol–water partition coefficient (Wildman–Crippen LogP) is 6.81. The van der Waals surface area contributed by atoms with Gasteiger partial charge in [0.15, 0.2) is 0 Å². The van der Waals surface area contributed by atoms with Crippen molar-refractivity contribution in [1.82, 2.24) is 0 Å². The lowest BCUT2D eigenvalue weighted by molar-refractivity contribution is -0.143. The van der Waals surface area contributed by atoms with Crippen molar-refractivity contribution in [2.24, 2.45) is 0 Å². The number of unbranched alkanes of at least 4 members (excludes halogenated alkanes) is 13. The zero-order valence-corrected chi connectivity index (χ0v) is 15.3. The topological polar surface area (TPSA) is 26.3 Å². The Morgan fingerprint density at radius 1 is 0.591 bits per heavy atom. The molecule has 0 radical (unpaired) electrons. The molecule has 0 atom stereocenters. The Kier molecular flexibility index (Phi) is 18.1. The van der Waals surface area contributed by atoms with E-state index in [1.54, 1.807) is 0 Å². The maximum atomic E-state index is 11.3. The van der Waals surface area contributed by atoms with Gasteiger partial charge in [0.1, 0.15) is 0 Å². The van der Waals surface area contributed by atoms with Crippen molar-refractivity contribution in [1.29, 1.82) is 0 Å². The first-order valence-electron chi connectivity index (χ1n) is 9.96. The highest BCUT2D eigenvalue weighted by atomic mass is 16.5. The van der Waals surface area contributed by atoms with Gasteiger partial charge in [0, 0.05) is 6.42 Å². The second-order valence-corrected chi connectivity index (χ2v) is 6.57. The number of rotatable bonds is 17. The number of hydrogen-bond acceptors (Lipinski definition) is 2. The number of ether oxygens (including phenoxy) is 1. The van der Waals surface area contributed by atoms with Crippen LogP contribution in [0.5, 0.6) is 0 Å². The molecule has 0 rings (SSSR count). The standard InChI is InChI=1S/C20H40O2/c1-3-5-6-7-8-9-10-11-12-13-14-15-16-17-18-20(21)22-19-4-2/h3-19H2,1-2H3. The molecule has 0 saturated carbocycles. The fraction of sp³-hybridized carbons (Fsp3) is 0.950. The zero-order valence-electron chi connectivity index (χ0n) is 15.3. The quantitative estimate of drug-likeness (QED) is 0.218. The van der Waals surface area contributed by atoms with Gasteiger partial charge < -0.3 is 4.74 Å². The minimum absolute atomic E-state index is 0.0132. The van der Waals surface area contributed by atoms with E-state index in [0.717, 1.165) is 12.8 Å². The van der Waals surface area contributed by atoms with E-state index in [9.17, 15) is 4.79 Å². The van der Waals surface area contributed by atoms with Crippen LogP contribution in [0.25, 0.3) is 0 Å². The SMILES string of the molecule is CCCCCCCCCCCCCCCCC(=O)OCCC. The molecule has 0 spiro atoms. The molecule has 0 aliphatic heterocycles. The Morgan fingerprint density at radius 3 is 1.41 bits per heavy atom. The molecule has 0 saturated heterocycles. The molecule has 22 heavy (non-hydrogen) atoms. The molecule has 0 aromatic carbocycles. The molecule has 0 N–H and O–H groups in total. The first kappa shape index (κ1) is 21.5. The Hall–Kier alpha value is -0.530. The summed E-state index contributed by atoms with van der Waals surface area (Å²) >= 11 is 0. The molecule has 0 bridgehead atoms. The molecule has 132 valence electrons. The Labute approximate surface area is 139 Å². The van der Waals surface area contributed by atoms with Gasteiger partial charge in [-0.2, -0.15) is 0 Å². The van der Waals surface area contributed by atoms with Crippen molar-refractivity contribution >= 4 is 5.97 Å². The van der Waals surface area contributed by atoms with Gasteiger partial charge in [0.05, 0.1) is 6.61 Å². The van der Waals surface area contributed by atoms with Crippen LogP contribution < -0.4 is 0 Å². The summed E-state index contributed by atoms with van der Waals surface area (Å²) in [6.07, 6.45) is 20.4. The Balaban J connectivity index is 3.04. The van der Waals surface area contributed by atoms with Crippen LogP contribution in [0.15, 0.2) is 0 Å². The van der Waals surface area contributed by atoms with E-state index in [-0.39, 0.29) is 5.97 Å². The largest absolute Gasteiger partial charge is 0.466 e. The average molecular weight is 313 g/mol. The molecule has 0 aromatic heterocycles. The highest BCUT2D eigenvalue weighted by Crippen LogP contribution is 2.13. The molecule has 2 heteroatoms. The minimum atomic E-state index is -0.0132. The summed E-state index contributed by atoms with van der Waals surface area (Å²) in [4.78, 5) is 11.3. The van der Waals surface area contributed by atoms with E-state index < -0.39 is 0 Å². The van der Waals surface area contributed by atoms with Crippen molar-refractivity contribution < 1.29 is 9.53 Å². The maximum absolute atomic E-state index is 11.3. The minimum Gasteiger partial charge on any atom is -0.466 e. The lowest BCUT2D eigenvalue weighted by Gasteiger charge is -2.04. The van der Waals surface area contributed by atoms with Gasteiger partial charge in [0.25, 0.3) is 0 Å². The van der Waals surface area contributed by atoms with Crippen molar-refractivity contribution in [3.05, 3.63) is 0 Å². The van der Waals surface area contributed by atoms with Crippen LogP contribution in [0.4, 0.5) is 0 Å².